The zero-order valence-corrected chi connectivity index (χ0v) is 51.1. The Hall–Kier alpha value is -8.89. The van der Waals surface area contributed by atoms with Crippen LogP contribution >= 0.6 is 0 Å². The fraction of sp³-hybridized carbons (Fsp3) is 0.638. The lowest BCUT2D eigenvalue weighted by Crippen LogP contribution is -2.65. The Labute approximate surface area is 523 Å². The minimum Gasteiger partial charge on any atom is -0.870 e. The quantitative estimate of drug-likeness (QED) is 0.0518. The molecule has 0 aliphatic heterocycles. The van der Waals surface area contributed by atoms with E-state index in [4.69, 9.17) is 67.6 Å². The molecule has 0 bridgehead atoms. The van der Waals surface area contributed by atoms with Crippen molar-refractivity contribution in [2.45, 2.75) is 152 Å². The van der Waals surface area contributed by atoms with Gasteiger partial charge in [-0.25, -0.2) is 14.5 Å². The van der Waals surface area contributed by atoms with E-state index in [1.54, 1.807) is 55.4 Å². The van der Waals surface area contributed by atoms with Crippen molar-refractivity contribution in [3.05, 3.63) is 0 Å². The largest absolute Gasteiger partial charge is 0.870 e. The van der Waals surface area contributed by atoms with E-state index in [9.17, 15) is 43.8 Å². The normalized spacial score (nSPS) is 9.72. The first-order chi connectivity index (χ1) is 38.4. The van der Waals surface area contributed by atoms with Gasteiger partial charge in [-0.15, -0.1) is 0 Å². The average Bonchev–Trinajstić information content (AvgIpc) is 3.36. The number of ketones is 2. The van der Waals surface area contributed by atoms with E-state index in [1.807, 2.05) is 31.0 Å². The summed E-state index contributed by atoms with van der Waals surface area (Å²) in [6, 6.07) is -1.42. The van der Waals surface area contributed by atoms with Crippen LogP contribution in [0.5, 0.6) is 0 Å². The van der Waals surface area contributed by atoms with Crippen molar-refractivity contribution < 1.29 is 105 Å². The summed E-state index contributed by atoms with van der Waals surface area (Å²) in [6.07, 6.45) is 0. The highest BCUT2D eigenvalue weighted by molar-refractivity contribution is 5.98. The number of carbonyl (C=O) groups is 11. The second-order valence-electron chi connectivity index (χ2n) is 18.7. The first kappa shape index (κ1) is 112. The summed E-state index contributed by atoms with van der Waals surface area (Å²) in [5.74, 6) is -1.80. The van der Waals surface area contributed by atoms with Gasteiger partial charge in [0.25, 0.3) is 0 Å². The highest BCUT2D eigenvalue weighted by atomic mass is 16.3. The Morgan fingerprint density at radius 2 is 0.644 bits per heavy atom. The molecular weight excluding hydrogens is 1210 g/mol. The summed E-state index contributed by atoms with van der Waals surface area (Å²) in [6.45, 7) is 24.5. The minimum absolute atomic E-state index is 0. The molecule has 0 aromatic carbocycles. The van der Waals surface area contributed by atoms with Gasteiger partial charge in [0.1, 0.15) is 65.1 Å². The van der Waals surface area contributed by atoms with Crippen molar-refractivity contribution >= 4 is 103 Å². The molecule has 8 amide bonds. The zero-order valence-electron chi connectivity index (χ0n) is 51.1. The summed E-state index contributed by atoms with van der Waals surface area (Å²) in [4.78, 5) is 138. The molecule has 2 rings (SSSR count). The van der Waals surface area contributed by atoms with Gasteiger partial charge < -0.3 is 149 Å². The second-order valence-corrected chi connectivity index (χ2v) is 18.7. The molecule has 31 N–H and O–H groups in total. The number of nitrogen functional groups attached to an aromatic ring is 3. The zero-order chi connectivity index (χ0) is 68.2. The van der Waals surface area contributed by atoms with Gasteiger partial charge in [0.05, 0.1) is 35.6 Å². The molecule has 0 unspecified atom stereocenters. The molecule has 0 atom stereocenters. The van der Waals surface area contributed by atoms with Crippen LogP contribution in [0.4, 0.5) is 45.3 Å². The number of primary amides is 2. The number of anilines is 6. The third kappa shape index (κ3) is 52.3. The number of rotatable bonds is 21. The molecule has 90 heavy (non-hydrogen) atoms. The Kier molecular flexibility index (Phi) is 70.6. The van der Waals surface area contributed by atoms with E-state index in [-0.39, 0.29) is 106 Å². The number of nitrogens with one attached hydrogen (secondary N) is 9. The Balaban J connectivity index is -0.0000000733. The summed E-state index contributed by atoms with van der Waals surface area (Å²) in [5.41, 5.74) is 22.8. The molecule has 0 fully saturated rings. The van der Waals surface area contributed by atoms with Crippen LogP contribution in [-0.4, -0.2) is 235 Å². The smallest absolute Gasteiger partial charge is 0.318 e. The molecule has 2 heterocycles. The molecule has 0 aliphatic rings. The Bertz CT molecular complexity index is 2170. The van der Waals surface area contributed by atoms with E-state index >= 15 is 0 Å². The van der Waals surface area contributed by atoms with Crippen LogP contribution in [-0.2, 0) is 43.2 Å². The minimum atomic E-state index is -1.28. The number of aromatic nitrogens is 6. The molecule has 43 heteroatoms. The van der Waals surface area contributed by atoms with Crippen molar-refractivity contribution in [2.75, 3.05) is 80.3 Å². The fourth-order valence-electron chi connectivity index (χ4n) is 4.05. The summed E-state index contributed by atoms with van der Waals surface area (Å²) in [7, 11) is 0. The number of carbonyl (C=O) groups excluding carboxylic acids is 11. The van der Waals surface area contributed by atoms with Crippen LogP contribution in [0, 0.1) is 0 Å². The number of hydrogen-bond donors (Lipinski definition) is 22. The van der Waals surface area contributed by atoms with E-state index in [2.05, 4.69) is 78.6 Å². The fourth-order valence-corrected chi connectivity index (χ4v) is 4.05. The van der Waals surface area contributed by atoms with Crippen LogP contribution in [0.25, 0.3) is 0 Å². The standard InChI is InChI=1S/C15H29N3O5.C13H25N3O3.C6H12N6O3.C3H6N6.C3H8N2O3.CH4N2O.3CH2O.3CH4.3H2O/c1-10(21)13(2,3)16-11(22)14(4,5)17-12(23)15(6,7)18(8-19)9-20;1-8(17)12(4,5)16-10(19)13(6,7)15-9(18)11(2,3)14;13-1-7-4-10-5(8-2-14)12-6(11-4)9-3-15;4-1-7-2(5)9-3(6)8-1;6-1-4-3(8)5-2-7;2-1(3)4;3*1-2;;;;;;/h19-20H,8-9H2,1-7H3,(H,16,22)(H,17,23);14H2,1-7H3,(H,15,18)(H,16,19);13-15H,1-3H2,(H3,7,8,9,10,11,12);(H6,4,5,6,7,8,9);6-7H,1-2H2,(H2,4,5,8);(H4,2,3,4);3*1H2;3*1H4;3*1H2/p-3. The van der Waals surface area contributed by atoms with E-state index < -0.39 is 95.8 Å². The van der Waals surface area contributed by atoms with Gasteiger partial charge >= 0.3 is 12.1 Å². The summed E-state index contributed by atoms with van der Waals surface area (Å²) >= 11 is 0. The first-order valence-electron chi connectivity index (χ1n) is 23.5. The van der Waals surface area contributed by atoms with E-state index in [0.717, 1.165) is 4.90 Å². The molecule has 0 aliphatic carbocycles. The van der Waals surface area contributed by atoms with Crippen molar-refractivity contribution in [3.8, 4) is 0 Å². The van der Waals surface area contributed by atoms with Crippen LogP contribution in [0.3, 0.4) is 0 Å². The van der Waals surface area contributed by atoms with Crippen LogP contribution < -0.4 is 82.3 Å². The average molecular weight is 1310 g/mol. The van der Waals surface area contributed by atoms with Gasteiger partial charge in [0.2, 0.25) is 59.3 Å². The molecular formula is C47H105N22O21-3. The van der Waals surface area contributed by atoms with Crippen LogP contribution in [0.1, 0.15) is 119 Å². The van der Waals surface area contributed by atoms with E-state index in [0.29, 0.717) is 0 Å². The van der Waals surface area contributed by atoms with Crippen LogP contribution in [0.15, 0.2) is 0 Å². The maximum absolute atomic E-state index is 12.4. The molecule has 532 valence electrons. The van der Waals surface area contributed by atoms with Gasteiger partial charge in [-0.05, 0) is 96.9 Å². The van der Waals surface area contributed by atoms with Gasteiger partial charge in [0, 0.05) is 0 Å². The number of amides is 8. The number of hydrogen-bond acceptors (Lipinski definition) is 35. The van der Waals surface area contributed by atoms with Gasteiger partial charge in [0.15, 0.2) is 11.6 Å². The molecule has 0 saturated heterocycles. The molecule has 43 nitrogen and oxygen atoms in total. The van der Waals surface area contributed by atoms with Crippen molar-refractivity contribution in [1.29, 1.82) is 0 Å². The number of aliphatic hydroxyl groups is 7. The number of aliphatic hydroxyl groups excluding tert-OH is 7. The summed E-state index contributed by atoms with van der Waals surface area (Å²) in [5, 5.41) is 82.0. The van der Waals surface area contributed by atoms with Gasteiger partial charge in [-0.2, -0.15) is 29.9 Å². The number of Topliss-reactive ketones (excluding diaryl/α,β-unsaturated/α-hetero) is 2. The third-order valence-corrected chi connectivity index (χ3v) is 9.39. The lowest BCUT2D eigenvalue weighted by Gasteiger charge is -2.38. The van der Waals surface area contributed by atoms with Crippen LogP contribution in [0.2, 0.25) is 0 Å². The third-order valence-electron chi connectivity index (χ3n) is 9.39. The molecule has 2 aromatic rings. The van der Waals surface area contributed by atoms with Crippen molar-refractivity contribution in [2.24, 2.45) is 17.2 Å². The lowest BCUT2D eigenvalue weighted by molar-refractivity contribution is -0.144. The lowest BCUT2D eigenvalue weighted by atomic mass is 9.95. The number of nitrogens with two attached hydrogens (primary N) is 6. The molecule has 0 radical (unpaired) electrons. The molecule has 0 spiro atoms. The summed E-state index contributed by atoms with van der Waals surface area (Å²) < 4.78 is 0. The Morgan fingerprint density at radius 1 is 0.422 bits per heavy atom. The molecule has 0 saturated carbocycles. The molecule has 2 aromatic heterocycles. The monoisotopic (exact) mass is 1310 g/mol. The second kappa shape index (κ2) is 56.6. The predicted molar refractivity (Wildman–Crippen MR) is 331 cm³/mol. The number of urea groups is 2. The highest BCUT2D eigenvalue weighted by Gasteiger charge is 2.41. The first-order valence-corrected chi connectivity index (χ1v) is 23.5. The van der Waals surface area contributed by atoms with Crippen molar-refractivity contribution in [3.63, 3.8) is 0 Å². The maximum Gasteiger partial charge on any atom is 0.318 e. The number of nitrogens with zero attached hydrogens (tertiary/aromatic N) is 7. The van der Waals surface area contributed by atoms with E-state index in [1.165, 1.54) is 41.5 Å². The Morgan fingerprint density at radius 3 is 0.833 bits per heavy atom. The predicted octanol–water partition coefficient (Wildman–Crippen LogP) is -5.95. The maximum atomic E-state index is 12.4. The van der Waals surface area contributed by atoms with Gasteiger partial charge in [-0.3, -0.25) is 28.8 Å². The van der Waals surface area contributed by atoms with Crippen molar-refractivity contribution in [1.82, 2.24) is 66.7 Å². The highest BCUT2D eigenvalue weighted by Crippen LogP contribution is 2.17. The topological polar surface area (TPSA) is 764 Å². The van der Waals surface area contributed by atoms with Gasteiger partial charge in [-0.1, -0.05) is 22.3 Å². The SMILES string of the molecule is C.C.C.C=O.C=O.C=O.CC(=O)C(C)(C)NC(=O)C(C)(C)NC(=O)C(C)(C)N.CC(=O)C(C)(C)NC(=O)C(C)(C)NC(=O)C(C)(C)N(CO)CO.NC(N)=O.Nc1nc(N)nc(N)n1.O=C(NCO)NCO.OCNc1nc(NCO)nc(NCO)n1.[OH-].[OH-].[OH-].